The summed E-state index contributed by atoms with van der Waals surface area (Å²) in [5.41, 5.74) is 0. The third kappa shape index (κ3) is 4.09. The summed E-state index contributed by atoms with van der Waals surface area (Å²) in [4.78, 5) is 23.3. The third-order valence-corrected chi connectivity index (χ3v) is 3.44. The number of nitrogens with zero attached hydrogens (tertiary/aromatic N) is 1. The number of likely N-dealkylation sites (N-methyl/N-ethyl adjacent to an activating group) is 1. The predicted molar refractivity (Wildman–Crippen MR) is 57.0 cm³/mol. The molecule has 1 aliphatic heterocycles. The van der Waals surface area contributed by atoms with Gasteiger partial charge in [0, 0.05) is 18.8 Å². The van der Waals surface area contributed by atoms with Crippen molar-refractivity contribution in [3.05, 3.63) is 0 Å². The molecule has 1 N–H and O–H groups in total. The van der Waals surface area contributed by atoms with E-state index in [9.17, 15) is 9.59 Å². The largest absolute Gasteiger partial charge is 0.480 e. The minimum absolute atomic E-state index is 0.149. The summed E-state index contributed by atoms with van der Waals surface area (Å²) in [5.74, 6) is 0.838. The molecule has 15 heavy (non-hydrogen) atoms. The van der Waals surface area contributed by atoms with Crippen molar-refractivity contribution in [3.8, 4) is 0 Å². The average molecular weight is 233 g/mol. The van der Waals surface area contributed by atoms with E-state index in [4.69, 9.17) is 9.84 Å². The van der Waals surface area contributed by atoms with Gasteiger partial charge in [0.1, 0.15) is 13.2 Å². The number of thioether (sulfide) groups is 1. The zero-order valence-corrected chi connectivity index (χ0v) is 9.46. The van der Waals surface area contributed by atoms with Crippen LogP contribution in [0.3, 0.4) is 0 Å². The van der Waals surface area contributed by atoms with Crippen LogP contribution < -0.4 is 0 Å². The summed E-state index contributed by atoms with van der Waals surface area (Å²) in [7, 11) is 1.74. The molecule has 6 heteroatoms. The Labute approximate surface area is 92.8 Å². The van der Waals surface area contributed by atoms with Crippen LogP contribution in [0.5, 0.6) is 0 Å². The number of carbonyl (C=O) groups excluding carboxylic acids is 1. The van der Waals surface area contributed by atoms with E-state index in [0.29, 0.717) is 0 Å². The molecule has 0 saturated carbocycles. The van der Waals surface area contributed by atoms with Crippen molar-refractivity contribution in [2.75, 3.05) is 31.8 Å². The fourth-order valence-corrected chi connectivity index (χ4v) is 2.63. The maximum absolute atomic E-state index is 11.5. The van der Waals surface area contributed by atoms with E-state index >= 15 is 0 Å². The highest BCUT2D eigenvalue weighted by molar-refractivity contribution is 7.99. The van der Waals surface area contributed by atoms with E-state index < -0.39 is 12.6 Å². The number of carboxylic acids is 1. The molecule has 1 amide bonds. The van der Waals surface area contributed by atoms with E-state index in [1.165, 1.54) is 0 Å². The number of hydrogen-bond acceptors (Lipinski definition) is 4. The Morgan fingerprint density at radius 3 is 2.80 bits per heavy atom. The molecule has 1 atom stereocenters. The second kappa shape index (κ2) is 5.97. The summed E-state index contributed by atoms with van der Waals surface area (Å²) in [5, 5.41) is 8.32. The van der Waals surface area contributed by atoms with Crippen LogP contribution in [0.25, 0.3) is 0 Å². The molecule has 1 fully saturated rings. The molecule has 0 aromatic heterocycles. The first kappa shape index (κ1) is 12.3. The van der Waals surface area contributed by atoms with Gasteiger partial charge in [-0.15, -0.1) is 0 Å². The molecule has 0 radical (unpaired) electrons. The molecule has 1 rings (SSSR count). The Hall–Kier alpha value is -0.750. The number of rotatable bonds is 5. The van der Waals surface area contributed by atoms with Gasteiger partial charge in [0.2, 0.25) is 5.91 Å². The fourth-order valence-electron chi connectivity index (χ4n) is 1.36. The van der Waals surface area contributed by atoms with Crippen molar-refractivity contribution in [1.82, 2.24) is 4.90 Å². The monoisotopic (exact) mass is 233 g/mol. The molecule has 5 nitrogen and oxygen atoms in total. The first-order chi connectivity index (χ1) is 7.11. The van der Waals surface area contributed by atoms with Gasteiger partial charge in [-0.05, 0) is 12.2 Å². The Morgan fingerprint density at radius 2 is 2.27 bits per heavy atom. The Morgan fingerprint density at radius 1 is 1.53 bits per heavy atom. The lowest BCUT2D eigenvalue weighted by Gasteiger charge is -2.23. The maximum Gasteiger partial charge on any atom is 0.329 e. The third-order valence-electron chi connectivity index (χ3n) is 2.30. The van der Waals surface area contributed by atoms with E-state index in [0.717, 1.165) is 17.9 Å². The molecular weight excluding hydrogens is 218 g/mol. The van der Waals surface area contributed by atoms with Crippen molar-refractivity contribution >= 4 is 23.6 Å². The molecule has 1 saturated heterocycles. The van der Waals surface area contributed by atoms with Crippen LogP contribution in [0.2, 0.25) is 0 Å². The molecule has 0 spiro atoms. The minimum atomic E-state index is -1.05. The zero-order valence-electron chi connectivity index (χ0n) is 8.64. The molecule has 0 aromatic carbocycles. The summed E-state index contributed by atoms with van der Waals surface area (Å²) >= 11 is 1.83. The molecule has 0 aliphatic carbocycles. The van der Waals surface area contributed by atoms with Gasteiger partial charge < -0.3 is 14.7 Å². The normalized spacial score (nSPS) is 20.2. The van der Waals surface area contributed by atoms with Crippen LogP contribution >= 0.6 is 11.8 Å². The van der Waals surface area contributed by atoms with Gasteiger partial charge in [0.25, 0.3) is 0 Å². The summed E-state index contributed by atoms with van der Waals surface area (Å²) in [6.07, 6.45) is 1.01. The van der Waals surface area contributed by atoms with Crippen molar-refractivity contribution in [1.29, 1.82) is 0 Å². The summed E-state index contributed by atoms with van der Waals surface area (Å²) < 4.78 is 4.74. The zero-order chi connectivity index (χ0) is 11.3. The maximum atomic E-state index is 11.5. The number of carbonyl (C=O) groups is 2. The molecule has 86 valence electrons. The predicted octanol–water partition coefficient (Wildman–Crippen LogP) is 0.0515. The van der Waals surface area contributed by atoms with E-state index in [1.807, 2.05) is 11.8 Å². The Kier molecular flexibility index (Phi) is 4.90. The number of carboxylic acid groups (broad SMARTS) is 1. The lowest BCUT2D eigenvalue weighted by atomic mass is 10.2. The molecular formula is C9H15NO4S. The van der Waals surface area contributed by atoms with Gasteiger partial charge in [0.05, 0.1) is 0 Å². The Bertz CT molecular complexity index is 240. The highest BCUT2D eigenvalue weighted by Crippen LogP contribution is 2.21. The fraction of sp³-hybridized carbons (Fsp3) is 0.778. The highest BCUT2D eigenvalue weighted by Gasteiger charge is 2.23. The SMILES string of the molecule is CN(C(=O)COCC(=O)O)C1CCSC1. The van der Waals surface area contributed by atoms with Crippen LogP contribution in [-0.2, 0) is 14.3 Å². The van der Waals surface area contributed by atoms with Gasteiger partial charge >= 0.3 is 5.97 Å². The van der Waals surface area contributed by atoms with Crippen molar-refractivity contribution in [3.63, 3.8) is 0 Å². The van der Waals surface area contributed by atoms with Crippen LogP contribution in [0.4, 0.5) is 0 Å². The van der Waals surface area contributed by atoms with E-state index in [2.05, 4.69) is 0 Å². The van der Waals surface area contributed by atoms with Gasteiger partial charge in [-0.3, -0.25) is 4.79 Å². The Balaban J connectivity index is 2.23. The second-order valence-electron chi connectivity index (χ2n) is 3.41. The molecule has 0 bridgehead atoms. The van der Waals surface area contributed by atoms with Gasteiger partial charge in [0.15, 0.2) is 0 Å². The number of hydrogen-bond donors (Lipinski definition) is 1. The van der Waals surface area contributed by atoms with Crippen molar-refractivity contribution < 1.29 is 19.4 Å². The molecule has 1 unspecified atom stereocenters. The molecule has 0 aromatic rings. The first-order valence-electron chi connectivity index (χ1n) is 4.74. The standard InChI is InChI=1S/C9H15NO4S/c1-10(7-2-3-15-6-7)8(11)4-14-5-9(12)13/h7H,2-6H2,1H3,(H,12,13). The topological polar surface area (TPSA) is 66.8 Å². The van der Waals surface area contributed by atoms with Gasteiger partial charge in [-0.25, -0.2) is 4.79 Å². The molecule has 1 heterocycles. The second-order valence-corrected chi connectivity index (χ2v) is 4.56. The van der Waals surface area contributed by atoms with Crippen molar-refractivity contribution in [2.45, 2.75) is 12.5 Å². The van der Waals surface area contributed by atoms with E-state index in [1.54, 1.807) is 11.9 Å². The van der Waals surface area contributed by atoms with Crippen LogP contribution in [0.1, 0.15) is 6.42 Å². The number of ether oxygens (including phenoxy) is 1. The van der Waals surface area contributed by atoms with Crippen LogP contribution in [0.15, 0.2) is 0 Å². The lowest BCUT2D eigenvalue weighted by Crippen LogP contribution is -2.39. The smallest absolute Gasteiger partial charge is 0.329 e. The first-order valence-corrected chi connectivity index (χ1v) is 5.89. The van der Waals surface area contributed by atoms with E-state index in [-0.39, 0.29) is 18.6 Å². The quantitative estimate of drug-likeness (QED) is 0.727. The van der Waals surface area contributed by atoms with Gasteiger partial charge in [-0.2, -0.15) is 11.8 Å². The van der Waals surface area contributed by atoms with Crippen molar-refractivity contribution in [2.24, 2.45) is 0 Å². The lowest BCUT2D eigenvalue weighted by molar-refractivity contribution is -0.145. The van der Waals surface area contributed by atoms with Crippen LogP contribution in [-0.4, -0.2) is 59.7 Å². The summed E-state index contributed by atoms with van der Waals surface area (Å²) in [6.45, 7) is -0.567. The van der Waals surface area contributed by atoms with Crippen LogP contribution in [0, 0.1) is 0 Å². The molecule has 1 aliphatic rings. The number of aliphatic carboxylic acids is 1. The van der Waals surface area contributed by atoms with Gasteiger partial charge in [-0.1, -0.05) is 0 Å². The summed E-state index contributed by atoms with van der Waals surface area (Å²) in [6, 6.07) is 0.274. The highest BCUT2D eigenvalue weighted by atomic mass is 32.2. The number of amides is 1. The average Bonchev–Trinajstić information content (AvgIpc) is 2.68. The minimum Gasteiger partial charge on any atom is -0.480 e.